The fraction of sp³-hybridized carbons (Fsp3) is 0.533. The Morgan fingerprint density at radius 2 is 2.10 bits per heavy atom. The summed E-state index contributed by atoms with van der Waals surface area (Å²) in [5, 5.41) is 0. The number of para-hydroxylation sites is 1. The Labute approximate surface area is 126 Å². The van der Waals surface area contributed by atoms with E-state index in [4.69, 9.17) is 10.5 Å². The van der Waals surface area contributed by atoms with Gasteiger partial charge in [-0.1, -0.05) is 18.2 Å². The van der Waals surface area contributed by atoms with Crippen molar-refractivity contribution in [2.45, 2.75) is 32.4 Å². The van der Waals surface area contributed by atoms with Gasteiger partial charge in [0.15, 0.2) is 6.10 Å². The van der Waals surface area contributed by atoms with Gasteiger partial charge in [0.25, 0.3) is 5.91 Å². The molecule has 0 bridgehead atoms. The molecule has 4 nitrogen and oxygen atoms in total. The minimum absolute atomic E-state index is 0. The molecule has 1 fully saturated rings. The van der Waals surface area contributed by atoms with E-state index in [2.05, 4.69) is 6.92 Å². The van der Waals surface area contributed by atoms with Crippen molar-refractivity contribution in [3.8, 4) is 5.75 Å². The number of nitrogens with two attached hydrogens (primary N) is 1. The second kappa shape index (κ2) is 7.50. The van der Waals surface area contributed by atoms with E-state index in [0.29, 0.717) is 12.5 Å². The number of amides is 1. The first-order valence-corrected chi connectivity index (χ1v) is 6.84. The van der Waals surface area contributed by atoms with Gasteiger partial charge in [-0.15, -0.1) is 12.4 Å². The maximum atomic E-state index is 12.4. The SMILES string of the molecule is CC(Oc1ccccc1)C(=O)N1CC(CN)CC1C.Cl. The van der Waals surface area contributed by atoms with Crippen molar-refractivity contribution in [1.29, 1.82) is 0 Å². The molecule has 1 aliphatic heterocycles. The monoisotopic (exact) mass is 298 g/mol. The highest BCUT2D eigenvalue weighted by Gasteiger charge is 2.34. The highest BCUT2D eigenvalue weighted by atomic mass is 35.5. The molecule has 1 heterocycles. The highest BCUT2D eigenvalue weighted by molar-refractivity contribution is 5.85. The van der Waals surface area contributed by atoms with Crippen molar-refractivity contribution in [3.05, 3.63) is 30.3 Å². The Morgan fingerprint density at radius 3 is 2.65 bits per heavy atom. The molecule has 1 saturated heterocycles. The summed E-state index contributed by atoms with van der Waals surface area (Å²) < 4.78 is 5.68. The zero-order valence-electron chi connectivity index (χ0n) is 12.0. The van der Waals surface area contributed by atoms with Gasteiger partial charge in [0.1, 0.15) is 5.75 Å². The first-order valence-electron chi connectivity index (χ1n) is 6.84. The fourth-order valence-electron chi connectivity index (χ4n) is 2.61. The average molecular weight is 299 g/mol. The summed E-state index contributed by atoms with van der Waals surface area (Å²) >= 11 is 0. The van der Waals surface area contributed by atoms with E-state index in [1.807, 2.05) is 35.2 Å². The molecule has 0 aromatic heterocycles. The number of ether oxygens (including phenoxy) is 1. The van der Waals surface area contributed by atoms with Gasteiger partial charge in [0.2, 0.25) is 0 Å². The molecule has 0 spiro atoms. The Morgan fingerprint density at radius 1 is 1.45 bits per heavy atom. The van der Waals surface area contributed by atoms with Gasteiger partial charge in [-0.3, -0.25) is 4.79 Å². The molecule has 112 valence electrons. The number of carbonyl (C=O) groups is 1. The lowest BCUT2D eigenvalue weighted by Crippen LogP contribution is -2.42. The normalized spacial score (nSPS) is 23.1. The fourth-order valence-corrected chi connectivity index (χ4v) is 2.61. The zero-order valence-corrected chi connectivity index (χ0v) is 12.8. The van der Waals surface area contributed by atoms with Crippen molar-refractivity contribution in [2.24, 2.45) is 11.7 Å². The van der Waals surface area contributed by atoms with E-state index in [1.165, 1.54) is 0 Å². The Balaban J connectivity index is 0.00000200. The van der Waals surface area contributed by atoms with Crippen LogP contribution in [0.3, 0.4) is 0 Å². The van der Waals surface area contributed by atoms with E-state index in [1.54, 1.807) is 6.92 Å². The van der Waals surface area contributed by atoms with Gasteiger partial charge >= 0.3 is 0 Å². The lowest BCUT2D eigenvalue weighted by molar-refractivity contribution is -0.138. The molecule has 5 heteroatoms. The molecule has 1 aliphatic rings. The number of rotatable bonds is 4. The molecular weight excluding hydrogens is 276 g/mol. The number of nitrogens with zero attached hydrogens (tertiary/aromatic N) is 1. The van der Waals surface area contributed by atoms with Gasteiger partial charge in [0, 0.05) is 12.6 Å². The molecule has 1 aromatic carbocycles. The van der Waals surface area contributed by atoms with Crippen LogP contribution in [0.5, 0.6) is 5.75 Å². The van der Waals surface area contributed by atoms with Crippen LogP contribution in [0.1, 0.15) is 20.3 Å². The van der Waals surface area contributed by atoms with E-state index in [0.717, 1.165) is 18.7 Å². The largest absolute Gasteiger partial charge is 0.481 e. The maximum absolute atomic E-state index is 12.4. The van der Waals surface area contributed by atoms with Crippen LogP contribution in [0.4, 0.5) is 0 Å². The van der Waals surface area contributed by atoms with Crippen molar-refractivity contribution in [1.82, 2.24) is 4.90 Å². The molecule has 20 heavy (non-hydrogen) atoms. The van der Waals surface area contributed by atoms with Gasteiger partial charge in [-0.2, -0.15) is 0 Å². The van der Waals surface area contributed by atoms with E-state index in [9.17, 15) is 4.79 Å². The molecule has 2 N–H and O–H groups in total. The molecule has 1 aromatic rings. The minimum atomic E-state index is -0.457. The average Bonchev–Trinajstić information content (AvgIpc) is 2.80. The smallest absolute Gasteiger partial charge is 0.263 e. The third kappa shape index (κ3) is 3.87. The van der Waals surface area contributed by atoms with Gasteiger partial charge in [0.05, 0.1) is 0 Å². The van der Waals surface area contributed by atoms with E-state index >= 15 is 0 Å². The number of carbonyl (C=O) groups excluding carboxylic acids is 1. The predicted octanol–water partition coefficient (Wildman–Crippen LogP) is 2.07. The van der Waals surface area contributed by atoms with Crippen LogP contribution in [0.25, 0.3) is 0 Å². The summed E-state index contributed by atoms with van der Waals surface area (Å²) in [7, 11) is 0. The van der Waals surface area contributed by atoms with E-state index < -0.39 is 6.10 Å². The Hall–Kier alpha value is -1.26. The third-order valence-electron chi connectivity index (χ3n) is 3.68. The lowest BCUT2D eigenvalue weighted by atomic mass is 10.1. The van der Waals surface area contributed by atoms with Crippen LogP contribution in [0.2, 0.25) is 0 Å². The lowest BCUT2D eigenvalue weighted by Gasteiger charge is -2.25. The second-order valence-corrected chi connectivity index (χ2v) is 5.25. The standard InChI is InChI=1S/C15H22N2O2.ClH/c1-11-8-13(9-16)10-17(11)15(18)12(2)19-14-6-4-3-5-7-14;/h3-7,11-13H,8-10,16H2,1-2H3;1H. The number of halogens is 1. The van der Waals surface area contributed by atoms with Crippen LogP contribution < -0.4 is 10.5 Å². The number of hydrogen-bond donors (Lipinski definition) is 1. The minimum Gasteiger partial charge on any atom is -0.481 e. The van der Waals surface area contributed by atoms with Crippen LogP contribution in [0, 0.1) is 5.92 Å². The van der Waals surface area contributed by atoms with Crippen molar-refractivity contribution in [2.75, 3.05) is 13.1 Å². The molecule has 0 radical (unpaired) electrons. The van der Waals surface area contributed by atoms with Crippen LogP contribution in [0.15, 0.2) is 30.3 Å². The van der Waals surface area contributed by atoms with Gasteiger partial charge in [-0.25, -0.2) is 0 Å². The summed E-state index contributed by atoms with van der Waals surface area (Å²) in [6.45, 7) is 5.27. The molecule has 0 saturated carbocycles. The number of benzene rings is 1. The number of hydrogen-bond acceptors (Lipinski definition) is 3. The summed E-state index contributed by atoms with van der Waals surface area (Å²) in [5.41, 5.74) is 5.69. The molecular formula is C15H23ClN2O2. The topological polar surface area (TPSA) is 55.6 Å². The van der Waals surface area contributed by atoms with Crippen molar-refractivity contribution >= 4 is 18.3 Å². The molecule has 2 rings (SSSR count). The zero-order chi connectivity index (χ0) is 13.8. The summed E-state index contributed by atoms with van der Waals surface area (Å²) in [5.74, 6) is 1.20. The summed E-state index contributed by atoms with van der Waals surface area (Å²) in [6.07, 6.45) is 0.529. The Kier molecular flexibility index (Phi) is 6.30. The Bertz CT molecular complexity index is 427. The molecule has 1 amide bonds. The summed E-state index contributed by atoms with van der Waals surface area (Å²) in [4.78, 5) is 14.3. The third-order valence-corrected chi connectivity index (χ3v) is 3.68. The van der Waals surface area contributed by atoms with Crippen LogP contribution in [-0.2, 0) is 4.79 Å². The summed E-state index contributed by atoms with van der Waals surface area (Å²) in [6, 6.07) is 9.70. The van der Waals surface area contributed by atoms with Crippen LogP contribution >= 0.6 is 12.4 Å². The molecule has 3 unspecified atom stereocenters. The molecule has 3 atom stereocenters. The predicted molar refractivity (Wildman–Crippen MR) is 82.1 cm³/mol. The van der Waals surface area contributed by atoms with Crippen molar-refractivity contribution in [3.63, 3.8) is 0 Å². The quantitative estimate of drug-likeness (QED) is 0.926. The molecule has 0 aliphatic carbocycles. The van der Waals surface area contributed by atoms with Gasteiger partial charge in [-0.05, 0) is 44.9 Å². The first kappa shape index (κ1) is 16.8. The first-order chi connectivity index (χ1) is 9.11. The van der Waals surface area contributed by atoms with Gasteiger partial charge < -0.3 is 15.4 Å². The van der Waals surface area contributed by atoms with E-state index in [-0.39, 0.29) is 24.4 Å². The van der Waals surface area contributed by atoms with Crippen LogP contribution in [-0.4, -0.2) is 36.0 Å². The second-order valence-electron chi connectivity index (χ2n) is 5.25. The highest BCUT2D eigenvalue weighted by Crippen LogP contribution is 2.23. The maximum Gasteiger partial charge on any atom is 0.263 e. The number of likely N-dealkylation sites (tertiary alicyclic amines) is 1. The van der Waals surface area contributed by atoms with Crippen molar-refractivity contribution < 1.29 is 9.53 Å².